The average Bonchev–Trinajstić information content (AvgIpc) is 2.16. The molecule has 0 spiro atoms. The lowest BCUT2D eigenvalue weighted by Gasteiger charge is -2.01. The van der Waals surface area contributed by atoms with Gasteiger partial charge in [-0.15, -0.1) is 0 Å². The molecule has 0 unspecified atom stereocenters. The van der Waals surface area contributed by atoms with Crippen molar-refractivity contribution in [2.75, 3.05) is 0 Å². The Balaban J connectivity index is 2.63. The van der Waals surface area contributed by atoms with E-state index in [9.17, 15) is 0 Å². The molecule has 0 aliphatic rings. The fraction of sp³-hybridized carbons (Fsp3) is 0. The fourth-order valence-corrected chi connectivity index (χ4v) is 1.32. The number of rotatable bonds is 1. The standard InChI is InChI=1S/C8H6BClN2O2/c10-8-11-4-5-1-2-6(9(13)14)3-7(5)12-8/h1-4,13-14H. The first-order valence-corrected chi connectivity index (χ1v) is 4.33. The summed E-state index contributed by atoms with van der Waals surface area (Å²) >= 11 is 5.60. The molecule has 1 aromatic carbocycles. The van der Waals surface area contributed by atoms with Crippen molar-refractivity contribution < 1.29 is 10.0 Å². The van der Waals surface area contributed by atoms with Crippen LogP contribution >= 0.6 is 11.6 Å². The first-order valence-electron chi connectivity index (χ1n) is 3.95. The summed E-state index contributed by atoms with van der Waals surface area (Å²) in [6.07, 6.45) is 1.58. The highest BCUT2D eigenvalue weighted by molar-refractivity contribution is 6.58. The number of aromatic nitrogens is 2. The van der Waals surface area contributed by atoms with Gasteiger partial charge < -0.3 is 10.0 Å². The molecule has 0 bridgehead atoms. The zero-order chi connectivity index (χ0) is 10.1. The second-order valence-corrected chi connectivity index (χ2v) is 3.17. The number of hydrogen-bond acceptors (Lipinski definition) is 4. The second-order valence-electron chi connectivity index (χ2n) is 2.83. The van der Waals surface area contributed by atoms with Gasteiger partial charge in [0.15, 0.2) is 0 Å². The van der Waals surface area contributed by atoms with Crippen LogP contribution in [-0.2, 0) is 0 Å². The van der Waals surface area contributed by atoms with Crippen LogP contribution in [0.15, 0.2) is 24.4 Å². The molecule has 0 fully saturated rings. The molecule has 1 heterocycles. The van der Waals surface area contributed by atoms with Crippen molar-refractivity contribution in [1.82, 2.24) is 9.97 Å². The quantitative estimate of drug-likeness (QED) is 0.510. The highest BCUT2D eigenvalue weighted by Crippen LogP contribution is 2.10. The van der Waals surface area contributed by atoms with Gasteiger partial charge in [-0.2, -0.15) is 0 Å². The molecule has 0 aliphatic heterocycles. The Kier molecular flexibility index (Phi) is 2.37. The summed E-state index contributed by atoms with van der Waals surface area (Å²) in [4.78, 5) is 7.76. The van der Waals surface area contributed by atoms with Gasteiger partial charge in [-0.05, 0) is 23.1 Å². The van der Waals surface area contributed by atoms with Crippen LogP contribution in [0.3, 0.4) is 0 Å². The zero-order valence-electron chi connectivity index (χ0n) is 7.05. The van der Waals surface area contributed by atoms with Crippen molar-refractivity contribution in [3.8, 4) is 0 Å². The predicted octanol–water partition coefficient (Wildman–Crippen LogP) is -0.0370. The third-order valence-electron chi connectivity index (χ3n) is 1.88. The molecule has 6 heteroatoms. The summed E-state index contributed by atoms with van der Waals surface area (Å²) in [6, 6.07) is 4.87. The van der Waals surface area contributed by atoms with E-state index in [4.69, 9.17) is 21.6 Å². The van der Waals surface area contributed by atoms with Crippen LogP contribution in [0.1, 0.15) is 0 Å². The van der Waals surface area contributed by atoms with Crippen LogP contribution in [0.5, 0.6) is 0 Å². The maximum absolute atomic E-state index is 8.93. The first kappa shape index (κ1) is 9.39. The number of nitrogens with zero attached hydrogens (tertiary/aromatic N) is 2. The van der Waals surface area contributed by atoms with Crippen LogP contribution < -0.4 is 5.46 Å². The summed E-state index contributed by atoms with van der Waals surface area (Å²) in [5.74, 6) is 0. The summed E-state index contributed by atoms with van der Waals surface area (Å²) in [5.41, 5.74) is 0.975. The Bertz CT molecular complexity index is 478. The maximum atomic E-state index is 8.93. The lowest BCUT2D eigenvalue weighted by molar-refractivity contribution is 0.426. The molecule has 14 heavy (non-hydrogen) atoms. The Labute approximate surface area is 85.3 Å². The van der Waals surface area contributed by atoms with Gasteiger partial charge in [-0.3, -0.25) is 0 Å². The van der Waals surface area contributed by atoms with Gasteiger partial charge in [-0.25, -0.2) is 9.97 Å². The molecule has 0 atom stereocenters. The highest BCUT2D eigenvalue weighted by atomic mass is 35.5. The minimum absolute atomic E-state index is 0.141. The third kappa shape index (κ3) is 1.70. The summed E-state index contributed by atoms with van der Waals surface area (Å²) in [6.45, 7) is 0. The van der Waals surface area contributed by atoms with Gasteiger partial charge in [0.25, 0.3) is 0 Å². The molecule has 0 saturated heterocycles. The summed E-state index contributed by atoms with van der Waals surface area (Å²) < 4.78 is 0. The maximum Gasteiger partial charge on any atom is 0.488 e. The van der Waals surface area contributed by atoms with E-state index in [0.29, 0.717) is 11.0 Å². The lowest BCUT2D eigenvalue weighted by atomic mass is 9.80. The van der Waals surface area contributed by atoms with Crippen molar-refractivity contribution in [2.24, 2.45) is 0 Å². The smallest absolute Gasteiger partial charge is 0.423 e. The van der Waals surface area contributed by atoms with Gasteiger partial charge in [-0.1, -0.05) is 12.1 Å². The number of benzene rings is 1. The molecule has 70 valence electrons. The molecule has 2 N–H and O–H groups in total. The van der Waals surface area contributed by atoms with Crippen molar-refractivity contribution in [1.29, 1.82) is 0 Å². The van der Waals surface area contributed by atoms with Gasteiger partial charge in [0.2, 0.25) is 5.28 Å². The van der Waals surface area contributed by atoms with Gasteiger partial charge >= 0.3 is 7.12 Å². The van der Waals surface area contributed by atoms with Crippen molar-refractivity contribution in [3.63, 3.8) is 0 Å². The molecule has 4 nitrogen and oxygen atoms in total. The highest BCUT2D eigenvalue weighted by Gasteiger charge is 2.11. The number of fused-ring (bicyclic) bond motifs is 1. The summed E-state index contributed by atoms with van der Waals surface area (Å²) in [7, 11) is -1.49. The molecule has 2 rings (SSSR count). The zero-order valence-corrected chi connectivity index (χ0v) is 7.81. The van der Waals surface area contributed by atoms with E-state index in [1.807, 2.05) is 0 Å². The van der Waals surface area contributed by atoms with E-state index < -0.39 is 7.12 Å². The van der Waals surface area contributed by atoms with E-state index >= 15 is 0 Å². The number of halogens is 1. The third-order valence-corrected chi connectivity index (χ3v) is 2.06. The Morgan fingerprint density at radius 3 is 2.79 bits per heavy atom. The lowest BCUT2D eigenvalue weighted by Crippen LogP contribution is -2.29. The van der Waals surface area contributed by atoms with Gasteiger partial charge in [0, 0.05) is 11.6 Å². The Morgan fingerprint density at radius 1 is 1.29 bits per heavy atom. The largest absolute Gasteiger partial charge is 0.488 e. The molecule has 0 saturated carbocycles. The average molecular weight is 208 g/mol. The van der Waals surface area contributed by atoms with Gasteiger partial charge in [0.05, 0.1) is 5.52 Å². The van der Waals surface area contributed by atoms with Crippen molar-refractivity contribution in [2.45, 2.75) is 0 Å². The molecule has 2 aromatic rings. The van der Waals surface area contributed by atoms with Crippen molar-refractivity contribution >= 4 is 35.1 Å². The molecule has 0 amide bonds. The predicted molar refractivity (Wildman–Crippen MR) is 54.4 cm³/mol. The van der Waals surface area contributed by atoms with Crippen LogP contribution in [0.25, 0.3) is 10.9 Å². The van der Waals surface area contributed by atoms with E-state index in [1.54, 1.807) is 24.4 Å². The van der Waals surface area contributed by atoms with Crippen LogP contribution in [0.2, 0.25) is 5.28 Å². The Hall–Kier alpha value is -1.17. The van der Waals surface area contributed by atoms with E-state index in [2.05, 4.69) is 9.97 Å². The van der Waals surface area contributed by atoms with Crippen LogP contribution in [0, 0.1) is 0 Å². The van der Waals surface area contributed by atoms with Crippen LogP contribution in [0.4, 0.5) is 0 Å². The van der Waals surface area contributed by atoms with Crippen LogP contribution in [-0.4, -0.2) is 27.1 Å². The van der Waals surface area contributed by atoms with Gasteiger partial charge in [0.1, 0.15) is 0 Å². The normalized spacial score (nSPS) is 10.5. The first-order chi connectivity index (χ1) is 6.66. The molecule has 1 aromatic heterocycles. The Morgan fingerprint density at radius 2 is 2.07 bits per heavy atom. The van der Waals surface area contributed by atoms with E-state index in [0.717, 1.165) is 5.39 Å². The minimum Gasteiger partial charge on any atom is -0.423 e. The van der Waals surface area contributed by atoms with Crippen molar-refractivity contribution in [3.05, 3.63) is 29.7 Å². The monoisotopic (exact) mass is 208 g/mol. The minimum atomic E-state index is -1.49. The summed E-state index contributed by atoms with van der Waals surface area (Å²) in [5, 5.41) is 18.8. The second kappa shape index (κ2) is 3.53. The molecular weight excluding hydrogens is 202 g/mol. The molecule has 0 aliphatic carbocycles. The number of hydrogen-bond donors (Lipinski definition) is 2. The fourth-order valence-electron chi connectivity index (χ4n) is 1.18. The topological polar surface area (TPSA) is 66.2 Å². The van der Waals surface area contributed by atoms with E-state index in [-0.39, 0.29) is 5.28 Å². The molecular formula is C8H6BClN2O2. The van der Waals surface area contributed by atoms with E-state index in [1.165, 1.54) is 0 Å². The SMILES string of the molecule is OB(O)c1ccc2cnc(Cl)nc2c1. The molecule has 0 radical (unpaired) electrons.